The number of quaternary nitrogens is 1. The normalized spacial score (nSPS) is 16.5. The molecule has 4 nitrogen and oxygen atoms in total. The van der Waals surface area contributed by atoms with Gasteiger partial charge in [-0.15, -0.1) is 0 Å². The Bertz CT molecular complexity index is 867. The van der Waals surface area contributed by atoms with Crippen molar-refractivity contribution in [2.24, 2.45) is 0 Å². The number of rotatable bonds is 5. The maximum absolute atomic E-state index is 12.7. The number of piperidine rings is 1. The van der Waals surface area contributed by atoms with Crippen LogP contribution >= 0.6 is 0 Å². The number of nitrogens with one attached hydrogen (secondary N) is 2. The summed E-state index contributed by atoms with van der Waals surface area (Å²) < 4.78 is 5.67. The third-order valence-corrected chi connectivity index (χ3v) is 5.35. The number of hydrogen-bond acceptors (Lipinski definition) is 2. The van der Waals surface area contributed by atoms with E-state index in [1.165, 1.54) is 24.2 Å². The molecule has 1 amide bonds. The van der Waals surface area contributed by atoms with Gasteiger partial charge in [0.15, 0.2) is 11.8 Å². The van der Waals surface area contributed by atoms with Gasteiger partial charge in [-0.25, -0.2) is 0 Å². The number of benzene rings is 2. The van der Waals surface area contributed by atoms with Crippen molar-refractivity contribution in [3.8, 4) is 0 Å². The minimum atomic E-state index is -0.0243. The average molecular weight is 349 g/mol. The number of furan rings is 1. The van der Waals surface area contributed by atoms with E-state index < -0.39 is 0 Å². The molecule has 3 aromatic rings. The molecule has 0 aliphatic carbocycles. The van der Waals surface area contributed by atoms with E-state index in [-0.39, 0.29) is 11.9 Å². The SMILES string of the molecule is O=C(NC[C@H](c1ccco1)[NH+]1CCCCC1)c1ccc2ccccc2c1. The minimum absolute atomic E-state index is 0.0243. The zero-order valence-electron chi connectivity index (χ0n) is 14.9. The molecule has 0 radical (unpaired) electrons. The van der Waals surface area contributed by atoms with Crippen molar-refractivity contribution in [2.45, 2.75) is 25.3 Å². The van der Waals surface area contributed by atoms with Crippen molar-refractivity contribution >= 4 is 16.7 Å². The molecule has 4 heteroatoms. The third-order valence-electron chi connectivity index (χ3n) is 5.35. The summed E-state index contributed by atoms with van der Waals surface area (Å²) in [6, 6.07) is 18.1. The van der Waals surface area contributed by atoms with Gasteiger partial charge in [-0.1, -0.05) is 30.3 Å². The molecule has 0 spiro atoms. The first-order valence-electron chi connectivity index (χ1n) is 9.46. The van der Waals surface area contributed by atoms with Gasteiger partial charge in [-0.05, 0) is 54.3 Å². The smallest absolute Gasteiger partial charge is 0.251 e. The van der Waals surface area contributed by atoms with Gasteiger partial charge in [0.2, 0.25) is 0 Å². The Morgan fingerprint density at radius 1 is 1.00 bits per heavy atom. The molecule has 26 heavy (non-hydrogen) atoms. The number of carbonyl (C=O) groups is 1. The molecule has 134 valence electrons. The van der Waals surface area contributed by atoms with Crippen LogP contribution in [-0.2, 0) is 0 Å². The van der Waals surface area contributed by atoms with Crippen LogP contribution in [0, 0.1) is 0 Å². The van der Waals surface area contributed by atoms with Crippen LogP contribution in [0.2, 0.25) is 0 Å². The van der Waals surface area contributed by atoms with Crippen molar-refractivity contribution < 1.29 is 14.1 Å². The Morgan fingerprint density at radius 2 is 1.81 bits per heavy atom. The third kappa shape index (κ3) is 3.65. The number of likely N-dealkylation sites (tertiary alicyclic amines) is 1. The Morgan fingerprint density at radius 3 is 2.58 bits per heavy atom. The standard InChI is InChI=1S/C22H24N2O2/c25-22(19-11-10-17-7-2-3-8-18(17)15-19)23-16-20(21-9-6-14-26-21)24-12-4-1-5-13-24/h2-3,6-11,14-15,20H,1,4-5,12-13,16H2,(H,23,25)/p+1/t20-/m1/s1. The Balaban J connectivity index is 1.48. The van der Waals surface area contributed by atoms with Crippen LogP contribution < -0.4 is 10.2 Å². The molecular weight excluding hydrogens is 324 g/mol. The molecule has 2 aromatic carbocycles. The fourth-order valence-corrected chi connectivity index (χ4v) is 3.92. The van der Waals surface area contributed by atoms with Gasteiger partial charge in [0.05, 0.1) is 25.9 Å². The molecule has 4 rings (SSSR count). The highest BCUT2D eigenvalue weighted by Crippen LogP contribution is 2.16. The van der Waals surface area contributed by atoms with Crippen molar-refractivity contribution in [1.29, 1.82) is 0 Å². The van der Waals surface area contributed by atoms with Gasteiger partial charge in [-0.2, -0.15) is 0 Å². The maximum atomic E-state index is 12.7. The van der Waals surface area contributed by atoms with Crippen LogP contribution in [0.1, 0.15) is 41.4 Å². The molecule has 0 bridgehead atoms. The molecule has 1 aliphatic heterocycles. The Hall–Kier alpha value is -2.59. The van der Waals surface area contributed by atoms with Gasteiger partial charge < -0.3 is 14.6 Å². The van der Waals surface area contributed by atoms with Gasteiger partial charge in [0.1, 0.15) is 0 Å². The number of hydrogen-bond donors (Lipinski definition) is 2. The summed E-state index contributed by atoms with van der Waals surface area (Å²) in [5, 5.41) is 5.37. The molecule has 1 fully saturated rings. The van der Waals surface area contributed by atoms with Crippen molar-refractivity contribution in [1.82, 2.24) is 5.32 Å². The van der Waals surface area contributed by atoms with E-state index in [1.54, 1.807) is 6.26 Å². The monoisotopic (exact) mass is 349 g/mol. The lowest BCUT2D eigenvalue weighted by Gasteiger charge is -2.30. The predicted molar refractivity (Wildman–Crippen MR) is 102 cm³/mol. The quantitative estimate of drug-likeness (QED) is 0.744. The highest BCUT2D eigenvalue weighted by Gasteiger charge is 2.28. The van der Waals surface area contributed by atoms with E-state index >= 15 is 0 Å². The van der Waals surface area contributed by atoms with Crippen molar-refractivity contribution in [3.05, 3.63) is 72.2 Å². The van der Waals surface area contributed by atoms with E-state index in [0.717, 1.165) is 29.6 Å². The molecular formula is C22H25N2O2+. The minimum Gasteiger partial charge on any atom is -0.463 e. The molecule has 1 atom stereocenters. The molecule has 0 unspecified atom stereocenters. The fraction of sp³-hybridized carbons (Fsp3) is 0.318. The van der Waals surface area contributed by atoms with Crippen LogP contribution in [0.3, 0.4) is 0 Å². The van der Waals surface area contributed by atoms with E-state index in [2.05, 4.69) is 11.4 Å². The van der Waals surface area contributed by atoms with Crippen LogP contribution in [0.15, 0.2) is 65.3 Å². The van der Waals surface area contributed by atoms with Crippen LogP contribution in [0.4, 0.5) is 0 Å². The second-order valence-corrected chi connectivity index (χ2v) is 7.06. The first kappa shape index (κ1) is 16.9. The highest BCUT2D eigenvalue weighted by atomic mass is 16.3. The second-order valence-electron chi connectivity index (χ2n) is 7.06. The first-order valence-corrected chi connectivity index (χ1v) is 9.46. The maximum Gasteiger partial charge on any atom is 0.251 e. The van der Waals surface area contributed by atoms with Gasteiger partial charge in [-0.3, -0.25) is 4.79 Å². The summed E-state index contributed by atoms with van der Waals surface area (Å²) in [4.78, 5) is 14.2. The molecule has 2 heterocycles. The van der Waals surface area contributed by atoms with Gasteiger partial charge in [0.25, 0.3) is 5.91 Å². The number of fused-ring (bicyclic) bond motifs is 1. The highest BCUT2D eigenvalue weighted by molar-refractivity contribution is 5.98. The van der Waals surface area contributed by atoms with E-state index in [1.807, 2.05) is 48.5 Å². The zero-order valence-corrected chi connectivity index (χ0v) is 14.9. The first-order chi connectivity index (χ1) is 12.8. The molecule has 1 saturated heterocycles. The van der Waals surface area contributed by atoms with E-state index in [9.17, 15) is 4.79 Å². The lowest BCUT2D eigenvalue weighted by atomic mass is 10.1. The van der Waals surface area contributed by atoms with E-state index in [0.29, 0.717) is 12.1 Å². The van der Waals surface area contributed by atoms with E-state index in [4.69, 9.17) is 4.42 Å². The largest absolute Gasteiger partial charge is 0.463 e. The van der Waals surface area contributed by atoms with Gasteiger partial charge in [0, 0.05) is 5.56 Å². The van der Waals surface area contributed by atoms with Gasteiger partial charge >= 0.3 is 0 Å². The molecule has 1 aromatic heterocycles. The summed E-state index contributed by atoms with van der Waals surface area (Å²) in [6.45, 7) is 2.86. The Labute approximate surface area is 153 Å². The molecule has 0 saturated carbocycles. The van der Waals surface area contributed by atoms with Crippen LogP contribution in [0.5, 0.6) is 0 Å². The van der Waals surface area contributed by atoms with Crippen molar-refractivity contribution in [3.63, 3.8) is 0 Å². The second kappa shape index (κ2) is 7.75. The predicted octanol–water partition coefficient (Wildman–Crippen LogP) is 2.97. The zero-order chi connectivity index (χ0) is 17.8. The van der Waals surface area contributed by atoms with Crippen LogP contribution in [0.25, 0.3) is 10.8 Å². The Kier molecular flexibility index (Phi) is 5.02. The lowest BCUT2D eigenvalue weighted by molar-refractivity contribution is -0.936. The molecule has 1 aliphatic rings. The van der Waals surface area contributed by atoms with Crippen LogP contribution in [-0.4, -0.2) is 25.5 Å². The fourth-order valence-electron chi connectivity index (χ4n) is 3.92. The number of carbonyl (C=O) groups excluding carboxylic acids is 1. The summed E-state index contributed by atoms with van der Waals surface area (Å²) in [5.41, 5.74) is 0.704. The number of amides is 1. The summed E-state index contributed by atoms with van der Waals surface area (Å²) in [5.74, 6) is 0.935. The summed E-state index contributed by atoms with van der Waals surface area (Å²) in [7, 11) is 0. The topological polar surface area (TPSA) is 46.7 Å². The summed E-state index contributed by atoms with van der Waals surface area (Å²) >= 11 is 0. The average Bonchev–Trinajstić information content (AvgIpc) is 3.23. The lowest BCUT2D eigenvalue weighted by Crippen LogP contribution is -3.13. The molecule has 2 N–H and O–H groups in total. The summed E-state index contributed by atoms with van der Waals surface area (Å²) in [6.07, 6.45) is 5.50. The van der Waals surface area contributed by atoms with Crippen molar-refractivity contribution in [2.75, 3.05) is 19.6 Å².